The molecular weight excluding hydrogens is 667 g/mol. The molecule has 4 aromatic carbocycles. The van der Waals surface area contributed by atoms with Crippen molar-refractivity contribution in [2.45, 2.75) is 119 Å². The largest absolute Gasteiger partial charge is 1.00 e. The first-order valence-corrected chi connectivity index (χ1v) is 17.3. The van der Waals surface area contributed by atoms with Gasteiger partial charge < -0.3 is 24.8 Å². The van der Waals surface area contributed by atoms with Gasteiger partial charge in [-0.05, 0) is 17.4 Å². The summed E-state index contributed by atoms with van der Waals surface area (Å²) in [5.41, 5.74) is 15.0. The van der Waals surface area contributed by atoms with E-state index in [0.29, 0.717) is 5.41 Å². The number of aryl methyl sites for hydroxylation is 2. The van der Waals surface area contributed by atoms with Gasteiger partial charge in [-0.2, -0.15) is 52.1 Å². The summed E-state index contributed by atoms with van der Waals surface area (Å²) in [7, 11) is 0. The molecule has 0 aromatic heterocycles. The van der Waals surface area contributed by atoms with Crippen LogP contribution < -0.4 is 24.8 Å². The van der Waals surface area contributed by atoms with Gasteiger partial charge in [0, 0.05) is 0 Å². The number of benzene rings is 3. The molecule has 0 N–H and O–H groups in total. The average Bonchev–Trinajstić information content (AvgIpc) is 3.54. The maximum absolute atomic E-state index is 3.53. The van der Waals surface area contributed by atoms with Crippen LogP contribution in [-0.4, -0.2) is 3.21 Å². The van der Waals surface area contributed by atoms with Gasteiger partial charge >= 0.3 is 70.3 Å². The molecule has 45 heavy (non-hydrogen) atoms. The van der Waals surface area contributed by atoms with E-state index >= 15 is 0 Å². The van der Waals surface area contributed by atoms with E-state index in [1.165, 1.54) is 83.1 Å². The minimum atomic E-state index is 0. The number of hydrogen-bond acceptors (Lipinski definition) is 0. The van der Waals surface area contributed by atoms with Crippen molar-refractivity contribution >= 4 is 3.21 Å². The third kappa shape index (κ3) is 11.2. The van der Waals surface area contributed by atoms with E-state index in [0.717, 1.165) is 19.3 Å². The van der Waals surface area contributed by atoms with Crippen LogP contribution in [0.4, 0.5) is 0 Å². The summed E-state index contributed by atoms with van der Waals surface area (Å²) in [5.74, 6) is 0. The van der Waals surface area contributed by atoms with Crippen LogP contribution in [0, 0.1) is 6.07 Å². The maximum Gasteiger partial charge on any atom is -1.00 e. The zero-order valence-electron chi connectivity index (χ0n) is 29.8. The Balaban J connectivity index is 0.000000363. The number of hydrogen-bond donors (Lipinski definition) is 0. The molecule has 0 fully saturated rings. The summed E-state index contributed by atoms with van der Waals surface area (Å²) < 4.78 is 1.46. The van der Waals surface area contributed by atoms with Gasteiger partial charge in [0.1, 0.15) is 0 Å². The van der Waals surface area contributed by atoms with Gasteiger partial charge in [0.25, 0.3) is 0 Å². The Bertz CT molecular complexity index is 1460. The summed E-state index contributed by atoms with van der Waals surface area (Å²) >= 11 is 1.51. The van der Waals surface area contributed by atoms with Crippen LogP contribution in [-0.2, 0) is 59.7 Å². The molecule has 1 aliphatic rings. The van der Waals surface area contributed by atoms with E-state index in [2.05, 4.69) is 156 Å². The summed E-state index contributed by atoms with van der Waals surface area (Å²) in [5, 5.41) is 0. The molecule has 0 atom stereocenters. The summed E-state index contributed by atoms with van der Waals surface area (Å²) in [6.45, 7) is 27.1. The SMILES string of the molecule is CC(C)(C)c1c[c-]c2c(c1)-c1cc(C(C)(C)C)ccc1C2.CCc1cc(C(C)(C)C)c(CC)[cH-]1.C[C](=[Zr+2])c1ccccc1.[Cl-].[Cl-]. The van der Waals surface area contributed by atoms with E-state index < -0.39 is 0 Å². The van der Waals surface area contributed by atoms with E-state index in [4.69, 9.17) is 0 Å². The maximum atomic E-state index is 3.53. The summed E-state index contributed by atoms with van der Waals surface area (Å²) in [6, 6.07) is 30.3. The normalized spacial score (nSPS) is 11.9. The smallest absolute Gasteiger partial charge is 1.00 e. The minimum absolute atomic E-state index is 0. The second-order valence-corrected chi connectivity index (χ2v) is 16.9. The first kappa shape index (κ1) is 41.4. The molecular formula is C42H54Cl2Zr-2. The van der Waals surface area contributed by atoms with Crippen molar-refractivity contribution in [2.24, 2.45) is 0 Å². The predicted octanol–water partition coefficient (Wildman–Crippen LogP) is 5.26. The molecule has 0 spiro atoms. The first-order valence-electron chi connectivity index (χ1n) is 16.0. The molecule has 3 heteroatoms. The monoisotopic (exact) mass is 718 g/mol. The van der Waals surface area contributed by atoms with E-state index in [-0.39, 0.29) is 35.6 Å². The fraction of sp³-hybridized carbons (Fsp3) is 0.429. The Morgan fingerprint density at radius 2 is 1.31 bits per heavy atom. The van der Waals surface area contributed by atoms with Crippen LogP contribution in [0.3, 0.4) is 0 Å². The Kier molecular flexibility index (Phi) is 15.6. The van der Waals surface area contributed by atoms with E-state index in [1.54, 1.807) is 0 Å². The molecule has 0 amide bonds. The van der Waals surface area contributed by atoms with Crippen molar-refractivity contribution in [1.82, 2.24) is 0 Å². The number of halogens is 2. The molecule has 5 rings (SSSR count). The standard InChI is InChI=1S/C21H25.C13H21.C8H8.2ClH.Zr/c1-20(2,3)16-9-7-14-11-15-8-10-17(21(4,5)6)13-19(15)18(14)12-16;1-6-10-8-11(7-2)12(9-10)13(3,4)5;1-2-8-6-4-3-5-7-8;;;/h7,9-10,12-13H,11H2,1-6H3;8-9H,6-7H2,1-5H3;3-7H,1H3;2*1H;/q2*-1;;;;+2/p-2. The van der Waals surface area contributed by atoms with Crippen molar-refractivity contribution in [3.63, 3.8) is 0 Å². The van der Waals surface area contributed by atoms with Gasteiger partial charge in [-0.1, -0.05) is 129 Å². The van der Waals surface area contributed by atoms with Gasteiger partial charge in [0.05, 0.1) is 0 Å². The molecule has 1 aliphatic carbocycles. The average molecular weight is 721 g/mol. The molecule has 0 radical (unpaired) electrons. The minimum Gasteiger partial charge on any atom is -1.00 e. The predicted molar refractivity (Wildman–Crippen MR) is 187 cm³/mol. The zero-order valence-corrected chi connectivity index (χ0v) is 33.8. The van der Waals surface area contributed by atoms with E-state index in [9.17, 15) is 0 Å². The Hall–Kier alpha value is -1.66. The summed E-state index contributed by atoms with van der Waals surface area (Å²) in [4.78, 5) is 0. The van der Waals surface area contributed by atoms with Crippen LogP contribution in [0.2, 0.25) is 0 Å². The number of rotatable bonds is 3. The van der Waals surface area contributed by atoms with Crippen LogP contribution >= 0.6 is 0 Å². The van der Waals surface area contributed by atoms with E-state index in [1.807, 2.05) is 6.07 Å². The molecule has 0 saturated heterocycles. The van der Waals surface area contributed by atoms with Crippen molar-refractivity contribution in [3.8, 4) is 11.1 Å². The number of fused-ring (bicyclic) bond motifs is 3. The summed E-state index contributed by atoms with van der Waals surface area (Å²) in [6.07, 6.45) is 3.34. The molecule has 0 heterocycles. The Morgan fingerprint density at radius 1 is 0.733 bits per heavy atom. The van der Waals surface area contributed by atoms with Gasteiger partial charge in [-0.3, -0.25) is 0 Å². The van der Waals surface area contributed by atoms with Crippen LogP contribution in [0.15, 0.2) is 72.8 Å². The topological polar surface area (TPSA) is 0 Å². The molecule has 0 bridgehead atoms. The second kappa shape index (κ2) is 17.0. The molecule has 0 saturated carbocycles. The zero-order chi connectivity index (χ0) is 32.2. The van der Waals surface area contributed by atoms with Gasteiger partial charge in [0.2, 0.25) is 0 Å². The van der Waals surface area contributed by atoms with Crippen molar-refractivity contribution < 1.29 is 49.0 Å². The molecule has 4 aromatic rings. The Labute approximate surface area is 303 Å². The third-order valence-electron chi connectivity index (χ3n) is 8.37. The molecule has 0 nitrogen and oxygen atoms in total. The fourth-order valence-electron chi connectivity index (χ4n) is 5.49. The van der Waals surface area contributed by atoms with Crippen molar-refractivity contribution in [2.75, 3.05) is 0 Å². The quantitative estimate of drug-likeness (QED) is 0.223. The second-order valence-electron chi connectivity index (χ2n) is 15.1. The molecule has 0 aliphatic heterocycles. The van der Waals surface area contributed by atoms with Crippen molar-refractivity contribution in [1.29, 1.82) is 0 Å². The van der Waals surface area contributed by atoms with Crippen molar-refractivity contribution in [3.05, 3.63) is 123 Å². The molecule has 242 valence electrons. The van der Waals surface area contributed by atoms with Crippen LogP contribution in [0.1, 0.15) is 128 Å². The molecule has 0 unspecified atom stereocenters. The first-order chi connectivity index (χ1) is 20.0. The Morgan fingerprint density at radius 3 is 1.76 bits per heavy atom. The van der Waals surface area contributed by atoms with Gasteiger partial charge in [-0.25, -0.2) is 6.07 Å². The van der Waals surface area contributed by atoms with Gasteiger partial charge in [-0.15, -0.1) is 5.56 Å². The van der Waals surface area contributed by atoms with Gasteiger partial charge in [0.15, 0.2) is 0 Å². The van der Waals surface area contributed by atoms with Crippen LogP contribution in [0.25, 0.3) is 11.1 Å². The third-order valence-corrected chi connectivity index (χ3v) is 9.08. The van der Waals surface area contributed by atoms with Crippen LogP contribution in [0.5, 0.6) is 0 Å². The fourth-order valence-corrected chi connectivity index (χ4v) is 5.90.